The molecule has 144 valence electrons. The lowest BCUT2D eigenvalue weighted by atomic mass is 9.92. The number of hydrogen-bond donors (Lipinski definition) is 1. The minimum absolute atomic E-state index is 0.413. The van der Waals surface area contributed by atoms with Crippen molar-refractivity contribution in [2.45, 2.75) is 19.3 Å². The Morgan fingerprint density at radius 3 is 2.14 bits per heavy atom. The van der Waals surface area contributed by atoms with E-state index >= 15 is 0 Å². The van der Waals surface area contributed by atoms with Crippen molar-refractivity contribution in [2.75, 3.05) is 13.2 Å². The van der Waals surface area contributed by atoms with E-state index < -0.39 is 11.9 Å². The smallest absolute Gasteiger partial charge is 0.311 e. The molecule has 0 fully saturated rings. The predicted molar refractivity (Wildman–Crippen MR) is 109 cm³/mol. The van der Waals surface area contributed by atoms with Crippen molar-refractivity contribution >= 4 is 5.97 Å². The normalized spacial score (nSPS) is 11.6. The molecule has 1 unspecified atom stereocenters. The van der Waals surface area contributed by atoms with Crippen LogP contribution in [0.3, 0.4) is 0 Å². The lowest BCUT2D eigenvalue weighted by Crippen LogP contribution is -2.14. The Morgan fingerprint density at radius 1 is 0.857 bits per heavy atom. The highest BCUT2D eigenvalue weighted by Gasteiger charge is 2.20. The number of aryl methyl sites for hydroxylation is 1. The van der Waals surface area contributed by atoms with Crippen LogP contribution in [0.15, 0.2) is 78.9 Å². The maximum Gasteiger partial charge on any atom is 0.311 e. The van der Waals surface area contributed by atoms with E-state index in [2.05, 4.69) is 0 Å². The number of carboxylic acid groups (broad SMARTS) is 1. The molecule has 0 bridgehead atoms. The van der Waals surface area contributed by atoms with Crippen molar-refractivity contribution in [3.8, 4) is 11.5 Å². The van der Waals surface area contributed by atoms with Gasteiger partial charge in [0, 0.05) is 0 Å². The molecule has 0 saturated carbocycles. The van der Waals surface area contributed by atoms with Crippen LogP contribution in [0.1, 0.15) is 22.6 Å². The second-order valence-electron chi connectivity index (χ2n) is 6.67. The molecular weight excluding hydrogens is 352 g/mol. The third-order valence-electron chi connectivity index (χ3n) is 4.45. The fourth-order valence-corrected chi connectivity index (χ4v) is 3.06. The fraction of sp³-hybridized carbons (Fsp3) is 0.208. The first kappa shape index (κ1) is 19.5. The molecule has 0 aliphatic heterocycles. The number of hydrogen-bond acceptors (Lipinski definition) is 3. The van der Waals surface area contributed by atoms with Gasteiger partial charge in [-0.3, -0.25) is 4.79 Å². The van der Waals surface area contributed by atoms with Crippen molar-refractivity contribution in [1.82, 2.24) is 0 Å². The van der Waals surface area contributed by atoms with Gasteiger partial charge in [-0.05, 0) is 54.3 Å². The van der Waals surface area contributed by atoms with Crippen molar-refractivity contribution in [3.05, 3.63) is 95.6 Å². The molecule has 0 amide bonds. The van der Waals surface area contributed by atoms with Crippen LogP contribution in [0.25, 0.3) is 0 Å². The molecule has 0 heterocycles. The Bertz CT molecular complexity index is 905. The first-order valence-electron chi connectivity index (χ1n) is 9.31. The van der Waals surface area contributed by atoms with Crippen molar-refractivity contribution in [3.63, 3.8) is 0 Å². The standard InChI is InChI=1S/C24H24O4/c1-18-7-5-11-21(15-18)27-13-14-28-22-12-6-8-19(16-22)17-23(24(25)26)20-9-3-2-4-10-20/h2-12,15-16,23H,13-14,17H2,1H3,(H,25,26). The molecule has 3 aromatic carbocycles. The van der Waals surface area contributed by atoms with Gasteiger partial charge in [0.1, 0.15) is 24.7 Å². The number of rotatable bonds is 9. The number of ether oxygens (including phenoxy) is 2. The van der Waals surface area contributed by atoms with E-state index in [0.29, 0.717) is 25.4 Å². The molecule has 0 spiro atoms. The van der Waals surface area contributed by atoms with Crippen LogP contribution in [-0.4, -0.2) is 24.3 Å². The summed E-state index contributed by atoms with van der Waals surface area (Å²) in [6.45, 7) is 2.88. The average molecular weight is 376 g/mol. The fourth-order valence-electron chi connectivity index (χ4n) is 3.06. The highest BCUT2D eigenvalue weighted by atomic mass is 16.5. The van der Waals surface area contributed by atoms with Crippen molar-refractivity contribution in [2.24, 2.45) is 0 Å². The molecular formula is C24H24O4. The van der Waals surface area contributed by atoms with Gasteiger partial charge in [-0.1, -0.05) is 54.6 Å². The summed E-state index contributed by atoms with van der Waals surface area (Å²) >= 11 is 0. The molecule has 0 radical (unpaired) electrons. The van der Waals surface area contributed by atoms with Gasteiger partial charge in [-0.2, -0.15) is 0 Å². The van der Waals surface area contributed by atoms with Crippen LogP contribution >= 0.6 is 0 Å². The van der Waals surface area contributed by atoms with Crippen LogP contribution in [-0.2, 0) is 11.2 Å². The van der Waals surface area contributed by atoms with Crippen molar-refractivity contribution < 1.29 is 19.4 Å². The van der Waals surface area contributed by atoms with Gasteiger partial charge in [-0.15, -0.1) is 0 Å². The molecule has 0 aliphatic rings. The lowest BCUT2D eigenvalue weighted by Gasteiger charge is -2.14. The van der Waals surface area contributed by atoms with E-state index in [4.69, 9.17) is 9.47 Å². The van der Waals surface area contributed by atoms with Gasteiger partial charge in [-0.25, -0.2) is 0 Å². The van der Waals surface area contributed by atoms with Crippen LogP contribution in [0, 0.1) is 6.92 Å². The number of benzene rings is 3. The van der Waals surface area contributed by atoms with E-state index in [1.165, 1.54) is 0 Å². The Hall–Kier alpha value is -3.27. The molecule has 4 heteroatoms. The molecule has 0 aromatic heterocycles. The van der Waals surface area contributed by atoms with Gasteiger partial charge in [0.25, 0.3) is 0 Å². The Morgan fingerprint density at radius 2 is 1.50 bits per heavy atom. The zero-order chi connectivity index (χ0) is 19.8. The van der Waals surface area contributed by atoms with Crippen molar-refractivity contribution in [1.29, 1.82) is 0 Å². The first-order valence-corrected chi connectivity index (χ1v) is 9.31. The quantitative estimate of drug-likeness (QED) is 0.542. The van der Waals surface area contributed by atoms with Gasteiger partial charge < -0.3 is 14.6 Å². The zero-order valence-electron chi connectivity index (χ0n) is 15.9. The summed E-state index contributed by atoms with van der Waals surface area (Å²) in [5.74, 6) is 0.122. The van der Waals surface area contributed by atoms with E-state index in [1.54, 1.807) is 0 Å². The summed E-state index contributed by atoms with van der Waals surface area (Å²) in [4.78, 5) is 11.7. The van der Waals surface area contributed by atoms with Gasteiger partial charge in [0.05, 0.1) is 5.92 Å². The summed E-state index contributed by atoms with van der Waals surface area (Å²) in [5, 5.41) is 9.61. The molecule has 1 atom stereocenters. The number of carbonyl (C=O) groups is 1. The number of carboxylic acids is 1. The minimum atomic E-state index is -0.830. The second kappa shape index (κ2) is 9.60. The van der Waals surface area contributed by atoms with Crippen LogP contribution in [0.2, 0.25) is 0 Å². The predicted octanol–water partition coefficient (Wildman–Crippen LogP) is 4.86. The third-order valence-corrected chi connectivity index (χ3v) is 4.45. The highest BCUT2D eigenvalue weighted by molar-refractivity contribution is 5.76. The summed E-state index contributed by atoms with van der Waals surface area (Å²) in [6.07, 6.45) is 0.413. The lowest BCUT2D eigenvalue weighted by molar-refractivity contribution is -0.138. The Kier molecular flexibility index (Phi) is 6.68. The molecule has 0 aliphatic carbocycles. The summed E-state index contributed by atoms with van der Waals surface area (Å²) in [7, 11) is 0. The number of aliphatic carboxylic acids is 1. The average Bonchev–Trinajstić information content (AvgIpc) is 2.70. The Balaban J connectivity index is 1.56. The maximum absolute atomic E-state index is 11.7. The van der Waals surface area contributed by atoms with E-state index in [0.717, 1.165) is 22.4 Å². The van der Waals surface area contributed by atoms with Crippen LogP contribution < -0.4 is 9.47 Å². The summed E-state index contributed by atoms with van der Waals surface area (Å²) in [5.41, 5.74) is 2.87. The van der Waals surface area contributed by atoms with E-state index in [9.17, 15) is 9.90 Å². The van der Waals surface area contributed by atoms with Crippen LogP contribution in [0.4, 0.5) is 0 Å². The summed E-state index contributed by atoms with van der Waals surface area (Å²) in [6, 6.07) is 24.8. The molecule has 4 nitrogen and oxygen atoms in total. The molecule has 3 aromatic rings. The van der Waals surface area contributed by atoms with Gasteiger partial charge >= 0.3 is 5.97 Å². The van der Waals surface area contributed by atoms with E-state index in [-0.39, 0.29) is 0 Å². The zero-order valence-corrected chi connectivity index (χ0v) is 15.9. The Labute approximate surface area is 165 Å². The van der Waals surface area contributed by atoms with E-state index in [1.807, 2.05) is 85.8 Å². The van der Waals surface area contributed by atoms with Gasteiger partial charge in [0.15, 0.2) is 0 Å². The van der Waals surface area contributed by atoms with Crippen LogP contribution in [0.5, 0.6) is 11.5 Å². The largest absolute Gasteiger partial charge is 0.490 e. The maximum atomic E-state index is 11.7. The monoisotopic (exact) mass is 376 g/mol. The third kappa shape index (κ3) is 5.61. The topological polar surface area (TPSA) is 55.8 Å². The molecule has 3 rings (SSSR count). The van der Waals surface area contributed by atoms with Gasteiger partial charge in [0.2, 0.25) is 0 Å². The summed E-state index contributed by atoms with van der Waals surface area (Å²) < 4.78 is 11.5. The SMILES string of the molecule is Cc1cccc(OCCOc2cccc(CC(C(=O)O)c3ccccc3)c2)c1. The highest BCUT2D eigenvalue weighted by Crippen LogP contribution is 2.23. The minimum Gasteiger partial charge on any atom is -0.490 e. The molecule has 28 heavy (non-hydrogen) atoms. The molecule has 1 N–H and O–H groups in total. The second-order valence-corrected chi connectivity index (χ2v) is 6.67. The molecule has 0 saturated heterocycles. The first-order chi connectivity index (χ1) is 13.6.